The third kappa shape index (κ3) is 3.22. The SMILES string of the molecule is COc1ccc(C2(Cn3c4c(c5cc(Cl)ccc53)CN(C)CC4)OCCO2)cc1. The predicted octanol–water partition coefficient (Wildman–Crippen LogP) is 4.19. The average Bonchev–Trinajstić information content (AvgIpc) is 3.32. The Kier molecular flexibility index (Phi) is 4.79. The molecule has 1 fully saturated rings. The van der Waals surface area contributed by atoms with Crippen molar-refractivity contribution in [2.45, 2.75) is 25.3 Å². The predicted molar refractivity (Wildman–Crippen MR) is 114 cm³/mol. The van der Waals surface area contributed by atoms with E-state index in [1.165, 1.54) is 22.2 Å². The topological polar surface area (TPSA) is 35.9 Å². The molecule has 29 heavy (non-hydrogen) atoms. The van der Waals surface area contributed by atoms with Crippen molar-refractivity contribution < 1.29 is 14.2 Å². The maximum atomic E-state index is 6.34. The van der Waals surface area contributed by atoms with Crippen LogP contribution in [0, 0.1) is 0 Å². The average molecular weight is 413 g/mol. The first kappa shape index (κ1) is 18.9. The van der Waals surface area contributed by atoms with E-state index in [9.17, 15) is 0 Å². The Balaban J connectivity index is 1.63. The van der Waals surface area contributed by atoms with Crippen molar-refractivity contribution in [2.75, 3.05) is 33.9 Å². The van der Waals surface area contributed by atoms with Gasteiger partial charge in [-0.3, -0.25) is 0 Å². The van der Waals surface area contributed by atoms with Crippen molar-refractivity contribution in [1.29, 1.82) is 0 Å². The van der Waals surface area contributed by atoms with Crippen molar-refractivity contribution in [3.8, 4) is 5.75 Å². The summed E-state index contributed by atoms with van der Waals surface area (Å²) in [5.74, 6) is 0.0259. The summed E-state index contributed by atoms with van der Waals surface area (Å²) in [5, 5.41) is 1.99. The van der Waals surface area contributed by atoms with Gasteiger partial charge in [0.25, 0.3) is 0 Å². The van der Waals surface area contributed by atoms with Gasteiger partial charge in [0.1, 0.15) is 5.75 Å². The summed E-state index contributed by atoms with van der Waals surface area (Å²) in [6.45, 7) is 3.74. The maximum Gasteiger partial charge on any atom is 0.213 e. The Morgan fingerprint density at radius 2 is 1.86 bits per heavy atom. The monoisotopic (exact) mass is 412 g/mol. The van der Waals surface area contributed by atoms with E-state index in [0.29, 0.717) is 19.8 Å². The number of nitrogens with zero attached hydrogens (tertiary/aromatic N) is 2. The Labute approximate surface area is 175 Å². The minimum absolute atomic E-state index is 0.585. The highest BCUT2D eigenvalue weighted by atomic mass is 35.5. The maximum absolute atomic E-state index is 6.34. The molecule has 5 rings (SSSR count). The Hall–Kier alpha value is -2.05. The van der Waals surface area contributed by atoms with Gasteiger partial charge >= 0.3 is 0 Å². The minimum Gasteiger partial charge on any atom is -0.497 e. The van der Waals surface area contributed by atoms with Crippen LogP contribution in [0.3, 0.4) is 0 Å². The van der Waals surface area contributed by atoms with Gasteiger partial charge < -0.3 is 23.7 Å². The van der Waals surface area contributed by atoms with Gasteiger partial charge in [-0.1, -0.05) is 11.6 Å². The van der Waals surface area contributed by atoms with Crippen LogP contribution in [0.1, 0.15) is 16.8 Å². The van der Waals surface area contributed by atoms with Gasteiger partial charge in [-0.15, -0.1) is 0 Å². The summed E-state index contributed by atoms with van der Waals surface area (Å²) in [4.78, 5) is 2.36. The van der Waals surface area contributed by atoms with E-state index in [1.807, 2.05) is 30.3 Å². The molecular weight excluding hydrogens is 388 g/mol. The first-order valence-electron chi connectivity index (χ1n) is 10.0. The van der Waals surface area contributed by atoms with Crippen LogP contribution in [0.2, 0.25) is 5.02 Å². The van der Waals surface area contributed by atoms with Crippen LogP contribution in [0.4, 0.5) is 0 Å². The van der Waals surface area contributed by atoms with Crippen molar-refractivity contribution >= 4 is 22.5 Å². The number of hydrogen-bond donors (Lipinski definition) is 0. The molecule has 0 saturated carbocycles. The van der Waals surface area contributed by atoms with Crippen LogP contribution in [0.5, 0.6) is 5.75 Å². The first-order chi connectivity index (χ1) is 14.1. The lowest BCUT2D eigenvalue weighted by atomic mass is 10.0. The van der Waals surface area contributed by atoms with Gasteiger partial charge in [-0.05, 0) is 55.1 Å². The van der Waals surface area contributed by atoms with E-state index in [0.717, 1.165) is 35.8 Å². The van der Waals surface area contributed by atoms with E-state index >= 15 is 0 Å². The Morgan fingerprint density at radius 1 is 1.10 bits per heavy atom. The molecule has 3 heterocycles. The number of ether oxygens (including phenoxy) is 3. The molecule has 2 aromatic carbocycles. The van der Waals surface area contributed by atoms with Crippen molar-refractivity contribution in [1.82, 2.24) is 9.47 Å². The second kappa shape index (κ2) is 7.33. The van der Waals surface area contributed by atoms with E-state index < -0.39 is 5.79 Å². The quantitative estimate of drug-likeness (QED) is 0.643. The van der Waals surface area contributed by atoms with Gasteiger partial charge in [0, 0.05) is 46.7 Å². The summed E-state index contributed by atoms with van der Waals surface area (Å²) in [5.41, 5.74) is 4.90. The van der Waals surface area contributed by atoms with Gasteiger partial charge in [0.05, 0.1) is 26.9 Å². The van der Waals surface area contributed by atoms with Crippen molar-refractivity contribution in [3.63, 3.8) is 0 Å². The highest BCUT2D eigenvalue weighted by Crippen LogP contribution is 2.39. The zero-order valence-electron chi connectivity index (χ0n) is 16.8. The zero-order valence-corrected chi connectivity index (χ0v) is 17.5. The molecular formula is C23H25ClN2O3. The third-order valence-corrected chi connectivity index (χ3v) is 6.29. The lowest BCUT2D eigenvalue weighted by Gasteiger charge is -2.31. The molecule has 0 aliphatic carbocycles. The molecule has 6 heteroatoms. The number of methoxy groups -OCH3 is 1. The molecule has 1 saturated heterocycles. The van der Waals surface area contributed by atoms with Crippen LogP contribution < -0.4 is 4.74 Å². The highest BCUT2D eigenvalue weighted by Gasteiger charge is 2.40. The molecule has 0 radical (unpaired) electrons. The number of benzene rings is 2. The van der Waals surface area contributed by atoms with Crippen LogP contribution in [0.15, 0.2) is 42.5 Å². The molecule has 3 aromatic rings. The molecule has 0 atom stereocenters. The smallest absolute Gasteiger partial charge is 0.213 e. The summed E-state index contributed by atoms with van der Waals surface area (Å²) in [6.07, 6.45) is 0.997. The first-order valence-corrected chi connectivity index (χ1v) is 10.4. The molecule has 0 spiro atoms. The van der Waals surface area contributed by atoms with Gasteiger partial charge in [-0.25, -0.2) is 0 Å². The Bertz CT molecular complexity index is 1040. The molecule has 2 aliphatic heterocycles. The van der Waals surface area contributed by atoms with Crippen LogP contribution >= 0.6 is 11.6 Å². The lowest BCUT2D eigenvalue weighted by molar-refractivity contribution is -0.175. The third-order valence-electron chi connectivity index (χ3n) is 6.06. The van der Waals surface area contributed by atoms with Crippen molar-refractivity contribution in [2.24, 2.45) is 0 Å². The largest absolute Gasteiger partial charge is 0.497 e. The molecule has 0 bridgehead atoms. The van der Waals surface area contributed by atoms with E-state index in [4.69, 9.17) is 25.8 Å². The fourth-order valence-electron chi connectivity index (χ4n) is 4.59. The molecule has 1 aromatic heterocycles. The fourth-order valence-corrected chi connectivity index (χ4v) is 4.77. The fraction of sp³-hybridized carbons (Fsp3) is 0.391. The molecule has 2 aliphatic rings. The molecule has 5 nitrogen and oxygen atoms in total. The van der Waals surface area contributed by atoms with Gasteiger partial charge in [-0.2, -0.15) is 0 Å². The standard InChI is InChI=1S/C23H25ClN2O3/c1-25-10-9-22-20(14-25)19-13-17(24)5-8-21(19)26(22)15-23(28-11-12-29-23)16-3-6-18(27-2)7-4-16/h3-8,13H,9-12,14-15H2,1-2H3. The molecule has 0 amide bonds. The summed E-state index contributed by atoms with van der Waals surface area (Å²) in [7, 11) is 3.84. The Morgan fingerprint density at radius 3 is 2.59 bits per heavy atom. The minimum atomic E-state index is -0.797. The molecule has 0 unspecified atom stereocenters. The van der Waals surface area contributed by atoms with E-state index in [2.05, 4.69) is 28.6 Å². The number of likely N-dealkylation sites (N-methyl/N-ethyl adjacent to an activating group) is 1. The van der Waals surface area contributed by atoms with Crippen LogP contribution in [-0.4, -0.2) is 43.4 Å². The van der Waals surface area contributed by atoms with E-state index in [1.54, 1.807) is 7.11 Å². The van der Waals surface area contributed by atoms with Gasteiger partial charge in [0.15, 0.2) is 0 Å². The number of halogens is 1. The lowest BCUT2D eigenvalue weighted by Crippen LogP contribution is -2.34. The van der Waals surface area contributed by atoms with Crippen LogP contribution in [0.25, 0.3) is 10.9 Å². The normalized spacial score (nSPS) is 18.9. The second-order valence-corrected chi connectivity index (χ2v) is 8.28. The number of aromatic nitrogens is 1. The van der Waals surface area contributed by atoms with Gasteiger partial charge in [0.2, 0.25) is 5.79 Å². The zero-order chi connectivity index (χ0) is 20.0. The van der Waals surface area contributed by atoms with Crippen molar-refractivity contribution in [3.05, 3.63) is 64.3 Å². The summed E-state index contributed by atoms with van der Waals surface area (Å²) >= 11 is 6.34. The highest BCUT2D eigenvalue weighted by molar-refractivity contribution is 6.31. The number of hydrogen-bond acceptors (Lipinski definition) is 4. The van der Waals surface area contributed by atoms with Crippen LogP contribution in [-0.2, 0) is 34.8 Å². The van der Waals surface area contributed by atoms with E-state index in [-0.39, 0.29) is 0 Å². The molecule has 0 N–H and O–H groups in total. The second-order valence-electron chi connectivity index (χ2n) is 7.84. The number of rotatable bonds is 4. The summed E-state index contributed by atoms with van der Waals surface area (Å²) in [6, 6.07) is 14.2. The number of fused-ring (bicyclic) bond motifs is 3. The molecule has 152 valence electrons. The summed E-state index contributed by atoms with van der Waals surface area (Å²) < 4.78 is 20.2.